The molecule has 0 amide bonds. The minimum Gasteiger partial charge on any atom is -0.508 e. The summed E-state index contributed by atoms with van der Waals surface area (Å²) in [6, 6.07) is 5.12. The third-order valence-electron chi connectivity index (χ3n) is 10.7. The molecule has 2 saturated carbocycles. The number of phenolic OH excluding ortho intramolecular Hbond substituents is 1. The van der Waals surface area contributed by atoms with Crippen molar-refractivity contribution in [2.24, 2.45) is 23.2 Å². The molecule has 3 aliphatic rings. The number of halogens is 6. The van der Waals surface area contributed by atoms with Crippen molar-refractivity contribution in [2.75, 3.05) is 11.5 Å². The van der Waals surface area contributed by atoms with Crippen LogP contribution in [0.2, 0.25) is 0 Å². The van der Waals surface area contributed by atoms with Gasteiger partial charge in [-0.15, -0.1) is 0 Å². The summed E-state index contributed by atoms with van der Waals surface area (Å²) in [5.41, 5.74) is 2.30. The van der Waals surface area contributed by atoms with Gasteiger partial charge in [-0.3, -0.25) is 4.21 Å². The first-order valence-electron chi connectivity index (χ1n) is 15.8. The number of hydrogen-bond donors (Lipinski definition) is 2. The largest absolute Gasteiger partial charge is 0.508 e. The maximum absolute atomic E-state index is 16.2. The topological polar surface area (TPSA) is 57.5 Å². The van der Waals surface area contributed by atoms with Gasteiger partial charge in [-0.05, 0) is 96.4 Å². The van der Waals surface area contributed by atoms with Gasteiger partial charge in [-0.25, -0.2) is 4.39 Å². The Balaban J connectivity index is 1.21. The number of rotatable bonds is 14. The van der Waals surface area contributed by atoms with E-state index in [4.69, 9.17) is 0 Å². The van der Waals surface area contributed by atoms with Crippen molar-refractivity contribution < 1.29 is 40.8 Å². The highest BCUT2D eigenvalue weighted by molar-refractivity contribution is 7.84. The summed E-state index contributed by atoms with van der Waals surface area (Å²) in [5.74, 6) is -4.20. The lowest BCUT2D eigenvalue weighted by molar-refractivity contribution is -0.284. The van der Waals surface area contributed by atoms with Crippen molar-refractivity contribution in [1.29, 1.82) is 0 Å². The number of aliphatic hydroxyl groups is 1. The normalized spacial score (nSPS) is 31.4. The number of phenols is 1. The van der Waals surface area contributed by atoms with Crippen LogP contribution >= 0.6 is 0 Å². The Morgan fingerprint density at radius 1 is 0.977 bits per heavy atom. The van der Waals surface area contributed by atoms with Crippen molar-refractivity contribution in [3.63, 3.8) is 0 Å². The molecule has 0 saturated heterocycles. The van der Waals surface area contributed by atoms with Crippen LogP contribution < -0.4 is 0 Å². The molecule has 0 aliphatic heterocycles. The molecule has 8 atom stereocenters. The first kappa shape index (κ1) is 34.3. The summed E-state index contributed by atoms with van der Waals surface area (Å²) in [7, 11) is -1.40. The molecule has 0 spiro atoms. The first-order chi connectivity index (χ1) is 20.2. The van der Waals surface area contributed by atoms with Crippen LogP contribution in [0.1, 0.15) is 114 Å². The molecular weight excluding hydrogens is 590 g/mol. The van der Waals surface area contributed by atoms with Crippen LogP contribution in [-0.4, -0.2) is 44.1 Å². The zero-order valence-electron chi connectivity index (χ0n) is 25.0. The van der Waals surface area contributed by atoms with Crippen molar-refractivity contribution in [2.45, 2.75) is 121 Å². The zero-order valence-corrected chi connectivity index (χ0v) is 25.8. The molecule has 43 heavy (non-hydrogen) atoms. The highest BCUT2D eigenvalue weighted by Crippen LogP contribution is 2.66. The Hall–Kier alpha value is -1.55. The van der Waals surface area contributed by atoms with Gasteiger partial charge in [0.1, 0.15) is 11.9 Å². The number of unbranched alkanes of at least 4 members (excludes halogenated alkanes) is 6. The fourth-order valence-corrected chi connectivity index (χ4v) is 9.40. The number of aromatic hydroxyl groups is 1. The molecule has 4 rings (SSSR count). The number of hydrogen-bond acceptors (Lipinski definition) is 3. The molecule has 3 aliphatic carbocycles. The molecule has 8 unspecified atom stereocenters. The van der Waals surface area contributed by atoms with Gasteiger partial charge in [0.05, 0.1) is 6.10 Å². The molecule has 0 heterocycles. The summed E-state index contributed by atoms with van der Waals surface area (Å²) in [6.07, 6.45) is 0.269. The number of aliphatic hydroxyl groups excluding tert-OH is 1. The number of alkyl halides is 6. The molecule has 0 aromatic heterocycles. The molecule has 1 aromatic rings. The minimum atomic E-state index is -5.57. The van der Waals surface area contributed by atoms with Crippen molar-refractivity contribution in [1.82, 2.24) is 0 Å². The fourth-order valence-electron chi connectivity index (χ4n) is 8.21. The number of fused-ring (bicyclic) bond motifs is 5. The van der Waals surface area contributed by atoms with E-state index >= 15 is 4.39 Å². The summed E-state index contributed by atoms with van der Waals surface area (Å²) >= 11 is 0. The summed E-state index contributed by atoms with van der Waals surface area (Å²) < 4.78 is 90.8. The van der Waals surface area contributed by atoms with E-state index in [1.807, 2.05) is 6.07 Å². The monoisotopic (exact) mass is 636 g/mol. The van der Waals surface area contributed by atoms with Crippen molar-refractivity contribution in [3.8, 4) is 5.75 Å². The molecule has 2 fully saturated rings. The zero-order chi connectivity index (χ0) is 31.6. The highest BCUT2D eigenvalue weighted by Gasteiger charge is 2.59. The van der Waals surface area contributed by atoms with Crippen LogP contribution in [0.15, 0.2) is 30.4 Å². The SMILES string of the molecule is C=C1C(O)CC2C3C(CCC12C)c1ccc(O)cc1C(F)C3CCCCCCCCCS(=O)CCCC(F)(F)C(F)(F)F. The van der Waals surface area contributed by atoms with Gasteiger partial charge < -0.3 is 10.2 Å². The molecule has 0 radical (unpaired) electrons. The maximum Gasteiger partial charge on any atom is 0.453 e. The smallest absolute Gasteiger partial charge is 0.453 e. The van der Waals surface area contributed by atoms with E-state index in [1.54, 1.807) is 12.1 Å². The van der Waals surface area contributed by atoms with E-state index in [0.717, 1.165) is 68.9 Å². The van der Waals surface area contributed by atoms with E-state index in [0.29, 0.717) is 24.2 Å². The standard InChI is InChI=1S/C33H46F6O3S/c1-21-28(41)20-27-29-24(14-16-31(21,27)2)23-13-12-22(40)19-26(23)30(34)25(29)11-8-6-4-3-5-7-9-17-43(42)18-10-15-32(35,36)33(37,38)39/h12-13,19,24-25,27-30,40-41H,1,3-11,14-18,20H2,2H3. The van der Waals surface area contributed by atoms with Crippen LogP contribution in [0.25, 0.3) is 0 Å². The second-order valence-corrected chi connectivity index (χ2v) is 15.0. The molecule has 244 valence electrons. The van der Waals surface area contributed by atoms with Crippen molar-refractivity contribution >= 4 is 10.8 Å². The highest BCUT2D eigenvalue weighted by atomic mass is 32.2. The van der Waals surface area contributed by atoms with Crippen LogP contribution in [0, 0.1) is 23.2 Å². The Labute approximate surface area is 254 Å². The molecule has 2 N–H and O–H groups in total. The molecular formula is C33H46F6O3S. The lowest BCUT2D eigenvalue weighted by Gasteiger charge is -2.53. The number of benzene rings is 1. The average molecular weight is 637 g/mol. The van der Waals surface area contributed by atoms with E-state index in [2.05, 4.69) is 13.5 Å². The Morgan fingerprint density at radius 2 is 1.60 bits per heavy atom. The van der Waals surface area contributed by atoms with E-state index in [9.17, 15) is 36.4 Å². The third-order valence-corrected chi connectivity index (χ3v) is 12.1. The van der Waals surface area contributed by atoms with Crippen LogP contribution in [0.4, 0.5) is 26.3 Å². The van der Waals surface area contributed by atoms with Crippen LogP contribution in [0.5, 0.6) is 5.75 Å². The lowest BCUT2D eigenvalue weighted by atomic mass is 9.51. The minimum absolute atomic E-state index is 0.0794. The summed E-state index contributed by atoms with van der Waals surface area (Å²) in [5, 5.41) is 20.8. The average Bonchev–Trinajstić information content (AvgIpc) is 3.16. The third kappa shape index (κ3) is 7.47. The van der Waals surface area contributed by atoms with Gasteiger partial charge in [-0.1, -0.05) is 58.1 Å². The van der Waals surface area contributed by atoms with Gasteiger partial charge >= 0.3 is 12.1 Å². The summed E-state index contributed by atoms with van der Waals surface area (Å²) in [6.45, 7) is 6.41. The molecule has 0 bridgehead atoms. The van der Waals surface area contributed by atoms with E-state index in [1.165, 1.54) is 0 Å². The first-order valence-corrected chi connectivity index (χ1v) is 17.3. The van der Waals surface area contributed by atoms with Gasteiger partial charge in [-0.2, -0.15) is 22.0 Å². The van der Waals surface area contributed by atoms with Gasteiger partial charge in [0.15, 0.2) is 0 Å². The van der Waals surface area contributed by atoms with Crippen LogP contribution in [0.3, 0.4) is 0 Å². The van der Waals surface area contributed by atoms with Gasteiger partial charge in [0, 0.05) is 28.7 Å². The van der Waals surface area contributed by atoms with E-state index in [-0.39, 0.29) is 40.6 Å². The van der Waals surface area contributed by atoms with Gasteiger partial charge in [0.2, 0.25) is 0 Å². The molecule has 10 heteroatoms. The van der Waals surface area contributed by atoms with E-state index < -0.39 is 48.0 Å². The lowest BCUT2D eigenvalue weighted by Crippen LogP contribution is -2.45. The summed E-state index contributed by atoms with van der Waals surface area (Å²) in [4.78, 5) is 0. The maximum atomic E-state index is 16.2. The Kier molecular flexibility index (Phi) is 11.0. The second-order valence-electron chi connectivity index (χ2n) is 13.3. The fraction of sp³-hybridized carbons (Fsp3) is 0.758. The Bertz CT molecular complexity index is 1140. The predicted octanol–water partition coefficient (Wildman–Crippen LogP) is 9.32. The Morgan fingerprint density at radius 3 is 2.28 bits per heavy atom. The molecule has 3 nitrogen and oxygen atoms in total. The predicted molar refractivity (Wildman–Crippen MR) is 157 cm³/mol. The van der Waals surface area contributed by atoms with Crippen LogP contribution in [-0.2, 0) is 10.8 Å². The molecule has 1 aromatic carbocycles. The van der Waals surface area contributed by atoms with Crippen molar-refractivity contribution in [3.05, 3.63) is 41.5 Å². The van der Waals surface area contributed by atoms with Gasteiger partial charge in [0.25, 0.3) is 0 Å². The quantitative estimate of drug-likeness (QED) is 0.122. The second kappa shape index (κ2) is 13.8.